The van der Waals surface area contributed by atoms with Crippen LogP contribution in [0.4, 0.5) is 0 Å². The van der Waals surface area contributed by atoms with Crippen molar-refractivity contribution in [2.75, 3.05) is 20.8 Å². The minimum absolute atomic E-state index is 0.0892. The van der Waals surface area contributed by atoms with Crippen LogP contribution in [-0.4, -0.2) is 26.8 Å². The first-order chi connectivity index (χ1) is 10.1. The molecular formula is C15H16BrNO4. The summed E-state index contributed by atoms with van der Waals surface area (Å²) < 4.78 is 16.1. The van der Waals surface area contributed by atoms with E-state index >= 15 is 0 Å². The summed E-state index contributed by atoms with van der Waals surface area (Å²) in [4.78, 5) is 11.4. The van der Waals surface area contributed by atoms with Gasteiger partial charge in [0.25, 0.3) is 0 Å². The van der Waals surface area contributed by atoms with E-state index in [9.17, 15) is 4.79 Å². The van der Waals surface area contributed by atoms with E-state index in [0.29, 0.717) is 28.1 Å². The molecule has 0 N–H and O–H groups in total. The van der Waals surface area contributed by atoms with Crippen LogP contribution in [0.1, 0.15) is 18.9 Å². The normalized spacial score (nSPS) is 10.7. The van der Waals surface area contributed by atoms with Gasteiger partial charge in [-0.15, -0.1) is 0 Å². The fraction of sp³-hybridized carbons (Fsp3) is 0.333. The quantitative estimate of drug-likeness (QED) is 0.445. The Morgan fingerprint density at radius 3 is 2.67 bits per heavy atom. The minimum atomic E-state index is -0.682. The molecule has 0 amide bonds. The molecule has 0 aliphatic rings. The molecule has 0 saturated heterocycles. The van der Waals surface area contributed by atoms with E-state index in [4.69, 9.17) is 14.7 Å². The molecule has 0 aliphatic heterocycles. The highest BCUT2D eigenvalue weighted by molar-refractivity contribution is 9.10. The highest BCUT2D eigenvalue weighted by Crippen LogP contribution is 2.37. The highest BCUT2D eigenvalue weighted by atomic mass is 79.9. The predicted molar refractivity (Wildman–Crippen MR) is 82.1 cm³/mol. The zero-order valence-electron chi connectivity index (χ0n) is 12.1. The first-order valence-corrected chi connectivity index (χ1v) is 7.07. The van der Waals surface area contributed by atoms with E-state index < -0.39 is 5.97 Å². The van der Waals surface area contributed by atoms with Crippen molar-refractivity contribution >= 4 is 28.0 Å². The van der Waals surface area contributed by atoms with Crippen LogP contribution in [0.2, 0.25) is 0 Å². The Kier molecular flexibility index (Phi) is 6.76. The summed E-state index contributed by atoms with van der Waals surface area (Å²) in [6.07, 6.45) is 2.31. The maximum absolute atomic E-state index is 11.4. The topological polar surface area (TPSA) is 68.5 Å². The molecule has 0 saturated carbocycles. The monoisotopic (exact) mass is 353 g/mol. The van der Waals surface area contributed by atoms with Gasteiger partial charge < -0.3 is 14.2 Å². The zero-order valence-corrected chi connectivity index (χ0v) is 13.7. The van der Waals surface area contributed by atoms with Crippen molar-refractivity contribution in [2.45, 2.75) is 13.3 Å². The molecule has 112 valence electrons. The summed E-state index contributed by atoms with van der Waals surface area (Å²) in [7, 11) is 2.76. The van der Waals surface area contributed by atoms with Crippen LogP contribution in [0.15, 0.2) is 22.2 Å². The molecule has 0 bridgehead atoms. The van der Waals surface area contributed by atoms with E-state index in [0.717, 1.165) is 6.42 Å². The largest absolute Gasteiger partial charge is 0.493 e. The van der Waals surface area contributed by atoms with Gasteiger partial charge in [0.1, 0.15) is 11.6 Å². The molecule has 1 aromatic carbocycles. The molecule has 6 heteroatoms. The second-order valence-corrected chi connectivity index (χ2v) is 4.90. The number of carbonyl (C=O) groups excluding carboxylic acids is 1. The number of benzene rings is 1. The standard InChI is InChI=1S/C15H16BrNO4/c1-4-5-21-14-12(16)7-10(8-13(14)19-2)6-11(9-17)15(18)20-3/h6-8H,4-5H2,1-3H3/b11-6+. The average Bonchev–Trinajstić information content (AvgIpc) is 2.50. The van der Waals surface area contributed by atoms with Crippen LogP contribution in [-0.2, 0) is 9.53 Å². The number of halogens is 1. The molecule has 0 atom stereocenters. The Balaban J connectivity index is 3.22. The third-order valence-electron chi connectivity index (χ3n) is 2.54. The fourth-order valence-corrected chi connectivity index (χ4v) is 2.15. The van der Waals surface area contributed by atoms with Crippen LogP contribution in [0, 0.1) is 11.3 Å². The van der Waals surface area contributed by atoms with Gasteiger partial charge in [0, 0.05) is 0 Å². The molecule has 21 heavy (non-hydrogen) atoms. The van der Waals surface area contributed by atoms with Crippen LogP contribution in [0.3, 0.4) is 0 Å². The molecule has 0 aliphatic carbocycles. The smallest absolute Gasteiger partial charge is 0.348 e. The Labute approximate surface area is 132 Å². The van der Waals surface area contributed by atoms with Crippen molar-refractivity contribution in [1.82, 2.24) is 0 Å². The molecule has 1 rings (SSSR count). The highest BCUT2D eigenvalue weighted by Gasteiger charge is 2.13. The van der Waals surface area contributed by atoms with Crippen LogP contribution < -0.4 is 9.47 Å². The minimum Gasteiger partial charge on any atom is -0.493 e. The Bertz CT molecular complexity index is 590. The molecule has 0 fully saturated rings. The lowest BCUT2D eigenvalue weighted by atomic mass is 10.1. The van der Waals surface area contributed by atoms with Gasteiger partial charge in [-0.2, -0.15) is 5.26 Å². The summed E-state index contributed by atoms with van der Waals surface area (Å²) in [6, 6.07) is 5.24. The lowest BCUT2D eigenvalue weighted by Gasteiger charge is -2.13. The first kappa shape index (κ1) is 17.1. The number of rotatable bonds is 6. The lowest BCUT2D eigenvalue weighted by molar-refractivity contribution is -0.135. The van der Waals surface area contributed by atoms with Gasteiger partial charge in [-0.3, -0.25) is 0 Å². The molecule has 0 spiro atoms. The molecule has 0 radical (unpaired) electrons. The Hall–Kier alpha value is -2.00. The average molecular weight is 354 g/mol. The summed E-state index contributed by atoms with van der Waals surface area (Å²) in [5, 5.41) is 8.97. The molecule has 1 aromatic rings. The maximum atomic E-state index is 11.4. The van der Waals surface area contributed by atoms with Gasteiger partial charge >= 0.3 is 5.97 Å². The van der Waals surface area contributed by atoms with E-state index in [1.54, 1.807) is 18.2 Å². The number of esters is 1. The van der Waals surface area contributed by atoms with Crippen molar-refractivity contribution in [1.29, 1.82) is 5.26 Å². The molecule has 0 unspecified atom stereocenters. The van der Waals surface area contributed by atoms with E-state index in [1.807, 2.05) is 6.92 Å². The zero-order chi connectivity index (χ0) is 15.8. The third kappa shape index (κ3) is 4.50. The van der Waals surface area contributed by atoms with Crippen LogP contribution in [0.5, 0.6) is 11.5 Å². The van der Waals surface area contributed by atoms with Gasteiger partial charge in [0.2, 0.25) is 0 Å². The summed E-state index contributed by atoms with van der Waals surface area (Å²) in [5.74, 6) is 0.429. The number of nitriles is 1. The lowest BCUT2D eigenvalue weighted by Crippen LogP contribution is -2.03. The number of methoxy groups -OCH3 is 2. The number of hydrogen-bond donors (Lipinski definition) is 0. The number of carbonyl (C=O) groups is 1. The number of ether oxygens (including phenoxy) is 3. The van der Waals surface area contributed by atoms with Gasteiger partial charge in [0.05, 0.1) is 25.3 Å². The maximum Gasteiger partial charge on any atom is 0.348 e. The van der Waals surface area contributed by atoms with Crippen molar-refractivity contribution in [3.8, 4) is 17.6 Å². The van der Waals surface area contributed by atoms with Gasteiger partial charge in [-0.25, -0.2) is 4.79 Å². The van der Waals surface area contributed by atoms with E-state index in [2.05, 4.69) is 20.7 Å². The predicted octanol–water partition coefficient (Wildman–Crippen LogP) is 3.33. The van der Waals surface area contributed by atoms with Crippen molar-refractivity contribution < 1.29 is 19.0 Å². The molecule has 0 aromatic heterocycles. The Morgan fingerprint density at radius 2 is 2.14 bits per heavy atom. The van der Waals surface area contributed by atoms with E-state index in [-0.39, 0.29) is 5.57 Å². The fourth-order valence-electron chi connectivity index (χ4n) is 1.58. The molecular weight excluding hydrogens is 338 g/mol. The van der Waals surface area contributed by atoms with Crippen LogP contribution in [0.25, 0.3) is 6.08 Å². The summed E-state index contributed by atoms with van der Waals surface area (Å²) in [5.41, 5.74) is 0.540. The summed E-state index contributed by atoms with van der Waals surface area (Å²) >= 11 is 3.40. The molecule has 0 heterocycles. The van der Waals surface area contributed by atoms with Gasteiger partial charge in [0.15, 0.2) is 11.5 Å². The number of hydrogen-bond acceptors (Lipinski definition) is 5. The van der Waals surface area contributed by atoms with Gasteiger partial charge in [-0.05, 0) is 46.1 Å². The SMILES string of the molecule is CCCOc1c(Br)cc(/C=C(\C#N)C(=O)OC)cc1OC. The van der Waals surface area contributed by atoms with Gasteiger partial charge in [-0.1, -0.05) is 6.92 Å². The number of nitrogens with zero attached hydrogens (tertiary/aromatic N) is 1. The second-order valence-electron chi connectivity index (χ2n) is 4.04. The van der Waals surface area contributed by atoms with Crippen molar-refractivity contribution in [3.05, 3.63) is 27.7 Å². The van der Waals surface area contributed by atoms with E-state index in [1.165, 1.54) is 20.3 Å². The second kappa shape index (κ2) is 8.32. The summed E-state index contributed by atoms with van der Waals surface area (Å²) in [6.45, 7) is 2.57. The first-order valence-electron chi connectivity index (χ1n) is 6.27. The molecule has 5 nitrogen and oxygen atoms in total. The third-order valence-corrected chi connectivity index (χ3v) is 3.13. The van der Waals surface area contributed by atoms with Crippen molar-refractivity contribution in [3.63, 3.8) is 0 Å². The van der Waals surface area contributed by atoms with Crippen LogP contribution >= 0.6 is 15.9 Å². The Morgan fingerprint density at radius 1 is 1.43 bits per heavy atom. The van der Waals surface area contributed by atoms with Crippen molar-refractivity contribution in [2.24, 2.45) is 0 Å².